The van der Waals surface area contributed by atoms with Gasteiger partial charge < -0.3 is 14.4 Å². The number of thiophene rings is 1. The smallest absolute Gasteiger partial charge is 0.356 e. The van der Waals surface area contributed by atoms with Crippen molar-refractivity contribution in [1.82, 2.24) is 9.55 Å². The zero-order valence-electron chi connectivity index (χ0n) is 8.87. The van der Waals surface area contributed by atoms with E-state index >= 15 is 0 Å². The molecule has 0 unspecified atom stereocenters. The molecule has 6 heteroatoms. The maximum Gasteiger partial charge on any atom is 0.356 e. The van der Waals surface area contributed by atoms with Gasteiger partial charge in [-0.2, -0.15) is 0 Å². The number of aromatic nitrogens is 2. The summed E-state index contributed by atoms with van der Waals surface area (Å²) < 4.78 is 7.54. The van der Waals surface area contributed by atoms with Gasteiger partial charge in [-0.25, -0.2) is 9.78 Å². The van der Waals surface area contributed by atoms with Crippen LogP contribution in [0.1, 0.15) is 27.2 Å². The Morgan fingerprint density at radius 1 is 1.65 bits per heavy atom. The van der Waals surface area contributed by atoms with Crippen molar-refractivity contribution in [2.45, 2.75) is 19.3 Å². The van der Waals surface area contributed by atoms with Crippen molar-refractivity contribution >= 4 is 17.3 Å². The first-order chi connectivity index (χ1) is 8.25. The van der Waals surface area contributed by atoms with Crippen LogP contribution in [0, 0.1) is 0 Å². The lowest BCUT2D eigenvalue weighted by atomic mass is 10.2. The highest BCUT2D eigenvalue weighted by atomic mass is 32.1. The van der Waals surface area contributed by atoms with Gasteiger partial charge in [-0.05, 0) is 11.4 Å². The predicted molar refractivity (Wildman–Crippen MR) is 61.0 cm³/mol. The number of carboxylic acid groups (broad SMARTS) is 1. The number of nitrogens with zero attached hydrogens (tertiary/aromatic N) is 2. The molecule has 0 bridgehead atoms. The molecule has 3 rings (SSSR count). The lowest BCUT2D eigenvalue weighted by Gasteiger charge is -2.24. The van der Waals surface area contributed by atoms with Crippen LogP contribution in [0.5, 0.6) is 0 Å². The van der Waals surface area contributed by atoms with Crippen molar-refractivity contribution in [3.8, 4) is 0 Å². The molecular formula is C11H10N2O3S. The topological polar surface area (TPSA) is 64.3 Å². The maximum absolute atomic E-state index is 10.9. The molecule has 17 heavy (non-hydrogen) atoms. The van der Waals surface area contributed by atoms with Crippen LogP contribution < -0.4 is 0 Å². The molecule has 2 aromatic rings. The van der Waals surface area contributed by atoms with E-state index in [-0.39, 0.29) is 11.8 Å². The molecule has 0 spiro atoms. The molecule has 0 aromatic carbocycles. The molecule has 0 fully saturated rings. The van der Waals surface area contributed by atoms with Crippen LogP contribution in [-0.2, 0) is 17.9 Å². The highest BCUT2D eigenvalue weighted by Gasteiger charge is 2.26. The van der Waals surface area contributed by atoms with Crippen LogP contribution in [-0.4, -0.2) is 20.6 Å². The van der Waals surface area contributed by atoms with E-state index in [0.29, 0.717) is 18.8 Å². The van der Waals surface area contributed by atoms with E-state index in [2.05, 4.69) is 4.98 Å². The average Bonchev–Trinajstić information content (AvgIpc) is 2.97. The molecular weight excluding hydrogens is 240 g/mol. The van der Waals surface area contributed by atoms with Gasteiger partial charge in [-0.15, -0.1) is 11.3 Å². The van der Waals surface area contributed by atoms with E-state index in [4.69, 9.17) is 9.84 Å². The van der Waals surface area contributed by atoms with E-state index in [0.717, 1.165) is 4.88 Å². The summed E-state index contributed by atoms with van der Waals surface area (Å²) in [6, 6.07) is 4.00. The summed E-state index contributed by atoms with van der Waals surface area (Å²) in [4.78, 5) is 16.0. The Hall–Kier alpha value is -1.66. The monoisotopic (exact) mass is 250 g/mol. The summed E-state index contributed by atoms with van der Waals surface area (Å²) in [6.07, 6.45) is 1.57. The largest absolute Gasteiger partial charge is 0.476 e. The van der Waals surface area contributed by atoms with Crippen LogP contribution in [0.15, 0.2) is 23.8 Å². The van der Waals surface area contributed by atoms with Crippen molar-refractivity contribution in [3.63, 3.8) is 0 Å². The first kappa shape index (κ1) is 10.5. The van der Waals surface area contributed by atoms with Gasteiger partial charge in [0.05, 0.1) is 25.2 Å². The number of hydrogen-bond acceptors (Lipinski definition) is 4. The van der Waals surface area contributed by atoms with Crippen LogP contribution >= 0.6 is 11.3 Å². The van der Waals surface area contributed by atoms with Gasteiger partial charge >= 0.3 is 5.97 Å². The quantitative estimate of drug-likeness (QED) is 0.884. The number of hydrogen-bond donors (Lipinski definition) is 1. The van der Waals surface area contributed by atoms with E-state index in [1.807, 2.05) is 22.1 Å². The SMILES string of the molecule is O=C(O)c1ncn2c1CO[C@@H](c1cccs1)C2. The van der Waals surface area contributed by atoms with Crippen molar-refractivity contribution < 1.29 is 14.6 Å². The fourth-order valence-electron chi connectivity index (χ4n) is 1.95. The molecule has 5 nitrogen and oxygen atoms in total. The van der Waals surface area contributed by atoms with Crippen LogP contribution in [0.3, 0.4) is 0 Å². The number of ether oxygens (including phenoxy) is 1. The summed E-state index contributed by atoms with van der Waals surface area (Å²) in [6.45, 7) is 0.917. The Morgan fingerprint density at radius 3 is 3.24 bits per heavy atom. The van der Waals surface area contributed by atoms with Crippen molar-refractivity contribution in [3.05, 3.63) is 40.1 Å². The maximum atomic E-state index is 10.9. The lowest BCUT2D eigenvalue weighted by molar-refractivity contribution is 0.00437. The van der Waals surface area contributed by atoms with E-state index < -0.39 is 5.97 Å². The second-order valence-corrected chi connectivity index (χ2v) is 4.79. The second kappa shape index (κ2) is 3.97. The molecule has 1 aliphatic rings. The van der Waals surface area contributed by atoms with Crippen LogP contribution in [0.25, 0.3) is 0 Å². The third-order valence-corrected chi connectivity index (χ3v) is 3.76. The van der Waals surface area contributed by atoms with Crippen LogP contribution in [0.2, 0.25) is 0 Å². The summed E-state index contributed by atoms with van der Waals surface area (Å²) in [7, 11) is 0. The fraction of sp³-hybridized carbons (Fsp3) is 0.273. The van der Waals surface area contributed by atoms with Gasteiger partial charge in [0.2, 0.25) is 0 Å². The highest BCUT2D eigenvalue weighted by Crippen LogP contribution is 2.30. The zero-order valence-corrected chi connectivity index (χ0v) is 9.68. The van der Waals surface area contributed by atoms with Gasteiger partial charge in [-0.3, -0.25) is 0 Å². The highest BCUT2D eigenvalue weighted by molar-refractivity contribution is 7.10. The number of carboxylic acids is 1. The van der Waals surface area contributed by atoms with Gasteiger partial charge in [0, 0.05) is 4.88 Å². The van der Waals surface area contributed by atoms with Gasteiger partial charge in [0.1, 0.15) is 6.10 Å². The molecule has 88 valence electrons. The molecule has 1 atom stereocenters. The molecule has 0 radical (unpaired) electrons. The Labute approximate surface area is 101 Å². The molecule has 0 saturated heterocycles. The summed E-state index contributed by atoms with van der Waals surface area (Å²) in [5, 5.41) is 11.0. The molecule has 0 aliphatic carbocycles. The van der Waals surface area contributed by atoms with Gasteiger partial charge in [0.15, 0.2) is 5.69 Å². The number of carbonyl (C=O) groups is 1. The standard InChI is InChI=1S/C11H10N2O3S/c14-11(15)10-7-5-16-8(4-13(7)6-12-10)9-2-1-3-17-9/h1-3,6,8H,4-5H2,(H,14,15)/t8-/m1/s1. The van der Waals surface area contributed by atoms with E-state index in [1.54, 1.807) is 17.7 Å². The predicted octanol–water partition coefficient (Wildman–Crippen LogP) is 1.91. The van der Waals surface area contributed by atoms with Gasteiger partial charge in [-0.1, -0.05) is 6.07 Å². The molecule has 1 N–H and O–H groups in total. The van der Waals surface area contributed by atoms with E-state index in [9.17, 15) is 4.79 Å². The lowest BCUT2D eigenvalue weighted by Crippen LogP contribution is -2.21. The number of aromatic carboxylic acids is 1. The minimum Gasteiger partial charge on any atom is -0.476 e. The summed E-state index contributed by atoms with van der Waals surface area (Å²) in [5.74, 6) is -1.00. The zero-order chi connectivity index (χ0) is 11.8. The normalized spacial score (nSPS) is 18.9. The van der Waals surface area contributed by atoms with Crippen molar-refractivity contribution in [2.24, 2.45) is 0 Å². The summed E-state index contributed by atoms with van der Waals surface area (Å²) in [5.41, 5.74) is 0.736. The number of imidazole rings is 1. The van der Waals surface area contributed by atoms with E-state index in [1.165, 1.54) is 0 Å². The minimum atomic E-state index is -1.00. The molecule has 3 heterocycles. The molecule has 1 aliphatic heterocycles. The molecule has 0 saturated carbocycles. The molecule has 0 amide bonds. The van der Waals surface area contributed by atoms with Crippen LogP contribution in [0.4, 0.5) is 0 Å². The fourth-order valence-corrected chi connectivity index (χ4v) is 2.72. The Balaban J connectivity index is 1.89. The Morgan fingerprint density at radius 2 is 2.53 bits per heavy atom. The van der Waals surface area contributed by atoms with Gasteiger partial charge in [0.25, 0.3) is 0 Å². The first-order valence-electron chi connectivity index (χ1n) is 5.18. The third kappa shape index (κ3) is 1.75. The Kier molecular flexibility index (Phi) is 2.45. The Bertz CT molecular complexity index is 547. The average molecular weight is 250 g/mol. The number of rotatable bonds is 2. The van der Waals surface area contributed by atoms with Crippen molar-refractivity contribution in [2.75, 3.05) is 0 Å². The molecule has 2 aromatic heterocycles. The minimum absolute atomic E-state index is 0.00153. The summed E-state index contributed by atoms with van der Waals surface area (Å²) >= 11 is 1.64. The third-order valence-electron chi connectivity index (χ3n) is 2.79. The second-order valence-electron chi connectivity index (χ2n) is 3.81. The number of fused-ring (bicyclic) bond motifs is 1. The first-order valence-corrected chi connectivity index (χ1v) is 6.06. The van der Waals surface area contributed by atoms with Crippen molar-refractivity contribution in [1.29, 1.82) is 0 Å².